The third-order valence-electron chi connectivity index (χ3n) is 5.76. The summed E-state index contributed by atoms with van der Waals surface area (Å²) in [4.78, 5) is 17.2. The van der Waals surface area contributed by atoms with Gasteiger partial charge in [0.1, 0.15) is 0 Å². The normalized spacial score (nSPS) is 16.3. The first-order valence-electron chi connectivity index (χ1n) is 10.1. The van der Waals surface area contributed by atoms with E-state index in [-0.39, 0.29) is 17.7 Å². The van der Waals surface area contributed by atoms with Gasteiger partial charge in [0, 0.05) is 49.1 Å². The third kappa shape index (κ3) is 4.24. The van der Waals surface area contributed by atoms with Crippen LogP contribution in [-0.4, -0.2) is 52.6 Å². The molecule has 146 valence electrons. The van der Waals surface area contributed by atoms with Gasteiger partial charge in [-0.25, -0.2) is 0 Å². The summed E-state index contributed by atoms with van der Waals surface area (Å²) in [5.41, 5.74) is 4.81. The summed E-state index contributed by atoms with van der Waals surface area (Å²) in [6.07, 6.45) is 1.85. The fourth-order valence-corrected chi connectivity index (χ4v) is 4.05. The van der Waals surface area contributed by atoms with Gasteiger partial charge in [0.25, 0.3) is 0 Å². The minimum absolute atomic E-state index is 0.0166. The molecule has 0 spiro atoms. The molecule has 0 fully saturated rings. The monoisotopic (exact) mass is 368 g/mol. The molecular weight excluding hydrogens is 336 g/mol. The van der Waals surface area contributed by atoms with E-state index in [0.29, 0.717) is 6.54 Å². The molecule has 1 aromatic carbocycles. The molecular formula is C22H32N4O. The van der Waals surface area contributed by atoms with Crippen LogP contribution in [0.3, 0.4) is 0 Å². The second-order valence-electron chi connectivity index (χ2n) is 7.70. The van der Waals surface area contributed by atoms with Crippen LogP contribution >= 0.6 is 0 Å². The largest absolute Gasteiger partial charge is 0.338 e. The molecule has 0 unspecified atom stereocenters. The molecule has 27 heavy (non-hydrogen) atoms. The lowest BCUT2D eigenvalue weighted by Crippen LogP contribution is -2.42. The van der Waals surface area contributed by atoms with E-state index in [1.54, 1.807) is 0 Å². The number of hydrogen-bond acceptors (Lipinski definition) is 3. The zero-order valence-electron chi connectivity index (χ0n) is 17.0. The van der Waals surface area contributed by atoms with Crippen LogP contribution in [0.25, 0.3) is 0 Å². The lowest BCUT2D eigenvalue weighted by molar-refractivity contribution is -0.136. The zero-order valence-corrected chi connectivity index (χ0v) is 17.0. The Morgan fingerprint density at radius 1 is 1.30 bits per heavy atom. The first-order valence-corrected chi connectivity index (χ1v) is 10.1. The second kappa shape index (κ2) is 8.70. The van der Waals surface area contributed by atoms with Gasteiger partial charge in [-0.05, 0) is 25.6 Å². The molecule has 5 nitrogen and oxygen atoms in total. The molecule has 0 radical (unpaired) electrons. The standard InChI is InChI=1S/C22H32N4O/c1-5-18(17-10-8-7-9-11-17)21-19-15-26(13-12-20(19)23-24-21)22(27)16(3)14-25(4)6-2/h7-11,16,18H,5-6,12-15H2,1-4H3,(H,23,24)/t16-,18-/m1/s1. The molecule has 2 aromatic rings. The number of nitrogens with zero attached hydrogens (tertiary/aromatic N) is 3. The summed E-state index contributed by atoms with van der Waals surface area (Å²) < 4.78 is 0. The third-order valence-corrected chi connectivity index (χ3v) is 5.76. The fraction of sp³-hybridized carbons (Fsp3) is 0.545. The maximum absolute atomic E-state index is 13.0. The highest BCUT2D eigenvalue weighted by atomic mass is 16.2. The number of fused-ring (bicyclic) bond motifs is 1. The number of carbonyl (C=O) groups excluding carboxylic acids is 1. The Kier molecular flexibility index (Phi) is 6.32. The van der Waals surface area contributed by atoms with Crippen molar-refractivity contribution < 1.29 is 4.79 Å². The lowest BCUT2D eigenvalue weighted by atomic mass is 9.89. The Morgan fingerprint density at radius 3 is 2.70 bits per heavy atom. The van der Waals surface area contributed by atoms with Crippen LogP contribution in [0, 0.1) is 5.92 Å². The van der Waals surface area contributed by atoms with Crippen molar-refractivity contribution in [3.05, 3.63) is 52.8 Å². The predicted molar refractivity (Wildman–Crippen MR) is 109 cm³/mol. The van der Waals surface area contributed by atoms with Gasteiger partial charge < -0.3 is 9.80 Å². The molecule has 0 saturated heterocycles. The molecule has 1 N–H and O–H groups in total. The topological polar surface area (TPSA) is 52.2 Å². The van der Waals surface area contributed by atoms with Gasteiger partial charge in [0.2, 0.25) is 5.91 Å². The van der Waals surface area contributed by atoms with E-state index in [4.69, 9.17) is 0 Å². The fourth-order valence-electron chi connectivity index (χ4n) is 4.05. The van der Waals surface area contributed by atoms with Crippen LogP contribution in [0.1, 0.15) is 55.6 Å². The SMILES string of the molecule is CC[C@H](c1ccccc1)c1n[nH]c2c1CN(C(=O)[C@H](C)CN(C)CC)CC2. The lowest BCUT2D eigenvalue weighted by Gasteiger charge is -2.31. The van der Waals surface area contributed by atoms with E-state index < -0.39 is 0 Å². The summed E-state index contributed by atoms with van der Waals surface area (Å²) >= 11 is 0. The van der Waals surface area contributed by atoms with E-state index in [0.717, 1.165) is 38.2 Å². The number of nitrogens with one attached hydrogen (secondary N) is 1. The van der Waals surface area contributed by atoms with Gasteiger partial charge in [-0.1, -0.05) is 51.1 Å². The maximum atomic E-state index is 13.0. The molecule has 1 aromatic heterocycles. The van der Waals surface area contributed by atoms with Gasteiger partial charge in [-0.3, -0.25) is 9.89 Å². The molecule has 3 rings (SSSR count). The molecule has 1 aliphatic rings. The number of aromatic nitrogens is 2. The Morgan fingerprint density at radius 2 is 2.04 bits per heavy atom. The summed E-state index contributed by atoms with van der Waals surface area (Å²) in [5.74, 6) is 0.536. The molecule has 1 aliphatic heterocycles. The van der Waals surface area contributed by atoms with E-state index in [1.807, 2.05) is 17.9 Å². The van der Waals surface area contributed by atoms with Crippen molar-refractivity contribution >= 4 is 5.91 Å². The van der Waals surface area contributed by atoms with E-state index >= 15 is 0 Å². The second-order valence-corrected chi connectivity index (χ2v) is 7.70. The maximum Gasteiger partial charge on any atom is 0.227 e. The summed E-state index contributed by atoms with van der Waals surface area (Å²) in [5, 5.41) is 7.92. The molecule has 0 bridgehead atoms. The highest BCUT2D eigenvalue weighted by molar-refractivity contribution is 5.79. The quantitative estimate of drug-likeness (QED) is 0.815. The van der Waals surface area contributed by atoms with Crippen molar-refractivity contribution in [2.24, 2.45) is 5.92 Å². The Bertz CT molecular complexity index is 755. The zero-order chi connectivity index (χ0) is 19.4. The Balaban J connectivity index is 1.79. The highest BCUT2D eigenvalue weighted by Gasteiger charge is 2.30. The number of H-pyrrole nitrogens is 1. The summed E-state index contributed by atoms with van der Waals surface area (Å²) in [6.45, 7) is 9.57. The van der Waals surface area contributed by atoms with Gasteiger partial charge in [0.05, 0.1) is 5.69 Å². The Hall–Kier alpha value is -2.14. The van der Waals surface area contributed by atoms with Crippen LogP contribution < -0.4 is 0 Å². The minimum Gasteiger partial charge on any atom is -0.338 e. The van der Waals surface area contributed by atoms with Crippen LogP contribution in [0.15, 0.2) is 30.3 Å². The van der Waals surface area contributed by atoms with Crippen molar-refractivity contribution in [1.82, 2.24) is 20.0 Å². The van der Waals surface area contributed by atoms with Crippen molar-refractivity contribution in [3.63, 3.8) is 0 Å². The number of aromatic amines is 1. The number of carbonyl (C=O) groups is 1. The highest BCUT2D eigenvalue weighted by Crippen LogP contribution is 2.32. The number of benzene rings is 1. The van der Waals surface area contributed by atoms with Crippen molar-refractivity contribution in [1.29, 1.82) is 0 Å². The molecule has 5 heteroatoms. The first-order chi connectivity index (χ1) is 13.0. The van der Waals surface area contributed by atoms with E-state index in [9.17, 15) is 4.79 Å². The average Bonchev–Trinajstić information content (AvgIpc) is 3.11. The summed E-state index contributed by atoms with van der Waals surface area (Å²) in [7, 11) is 2.07. The summed E-state index contributed by atoms with van der Waals surface area (Å²) in [6, 6.07) is 10.6. The van der Waals surface area contributed by atoms with Crippen molar-refractivity contribution in [2.45, 2.75) is 46.1 Å². The molecule has 1 amide bonds. The predicted octanol–water partition coefficient (Wildman–Crippen LogP) is 3.42. The number of amides is 1. The molecule has 2 atom stereocenters. The van der Waals surface area contributed by atoms with Crippen LogP contribution in [0.4, 0.5) is 0 Å². The molecule has 0 saturated carbocycles. The first kappa shape index (κ1) is 19.6. The average molecular weight is 369 g/mol. The van der Waals surface area contributed by atoms with Gasteiger partial charge in [-0.15, -0.1) is 0 Å². The van der Waals surface area contributed by atoms with Gasteiger partial charge >= 0.3 is 0 Å². The number of hydrogen-bond donors (Lipinski definition) is 1. The van der Waals surface area contributed by atoms with Gasteiger partial charge in [0.15, 0.2) is 0 Å². The molecule has 2 heterocycles. The van der Waals surface area contributed by atoms with Crippen LogP contribution in [0.2, 0.25) is 0 Å². The molecule has 0 aliphatic carbocycles. The van der Waals surface area contributed by atoms with Crippen LogP contribution in [0.5, 0.6) is 0 Å². The van der Waals surface area contributed by atoms with Crippen molar-refractivity contribution in [2.75, 3.05) is 26.7 Å². The minimum atomic E-state index is 0.0166. The van der Waals surface area contributed by atoms with Gasteiger partial charge in [-0.2, -0.15) is 5.10 Å². The smallest absolute Gasteiger partial charge is 0.227 e. The van der Waals surface area contributed by atoms with E-state index in [2.05, 4.69) is 60.3 Å². The van der Waals surface area contributed by atoms with E-state index in [1.165, 1.54) is 16.8 Å². The van der Waals surface area contributed by atoms with Crippen molar-refractivity contribution in [3.8, 4) is 0 Å². The number of rotatable bonds is 7. The van der Waals surface area contributed by atoms with Crippen LogP contribution in [-0.2, 0) is 17.8 Å². The Labute approximate surface area is 162 Å².